The van der Waals surface area contributed by atoms with Gasteiger partial charge in [0.2, 0.25) is 10.0 Å². The van der Waals surface area contributed by atoms with E-state index in [1.54, 1.807) is 6.07 Å². The standard InChI is InChI=1S/C16H13F3N2O3S/c17-13-4-3-12(14(18)15(13)19)16(22)21-6-5-9-1-2-11(25(20,23)24)7-10(9)8-21/h1-4,7H,5-6,8H2,(H2,20,23,24). The fourth-order valence-corrected chi connectivity index (χ4v) is 3.31. The monoisotopic (exact) mass is 370 g/mol. The van der Waals surface area contributed by atoms with E-state index in [1.807, 2.05) is 0 Å². The van der Waals surface area contributed by atoms with E-state index in [0.717, 1.165) is 11.6 Å². The topological polar surface area (TPSA) is 80.5 Å². The highest BCUT2D eigenvalue weighted by atomic mass is 32.2. The van der Waals surface area contributed by atoms with Crippen LogP contribution in [0, 0.1) is 17.5 Å². The number of amides is 1. The van der Waals surface area contributed by atoms with Gasteiger partial charge in [-0.25, -0.2) is 26.7 Å². The molecule has 0 saturated carbocycles. The van der Waals surface area contributed by atoms with Gasteiger partial charge in [-0.05, 0) is 41.8 Å². The van der Waals surface area contributed by atoms with Crippen LogP contribution in [-0.4, -0.2) is 25.8 Å². The van der Waals surface area contributed by atoms with Crippen molar-refractivity contribution in [1.82, 2.24) is 4.90 Å². The van der Waals surface area contributed by atoms with Crippen molar-refractivity contribution in [3.63, 3.8) is 0 Å². The number of sulfonamides is 1. The van der Waals surface area contributed by atoms with E-state index in [2.05, 4.69) is 0 Å². The Morgan fingerprint density at radius 2 is 1.76 bits per heavy atom. The van der Waals surface area contributed by atoms with E-state index >= 15 is 0 Å². The first-order chi connectivity index (χ1) is 11.7. The minimum Gasteiger partial charge on any atom is -0.334 e. The maximum Gasteiger partial charge on any atom is 0.257 e. The van der Waals surface area contributed by atoms with Crippen LogP contribution in [0.4, 0.5) is 13.2 Å². The minimum atomic E-state index is -3.90. The lowest BCUT2D eigenvalue weighted by molar-refractivity contribution is 0.0728. The smallest absolute Gasteiger partial charge is 0.257 e. The van der Waals surface area contributed by atoms with Crippen molar-refractivity contribution in [2.24, 2.45) is 5.14 Å². The fraction of sp³-hybridized carbons (Fsp3) is 0.188. The molecule has 3 rings (SSSR count). The number of fused-ring (bicyclic) bond motifs is 1. The first kappa shape index (κ1) is 17.4. The molecule has 1 heterocycles. The van der Waals surface area contributed by atoms with Gasteiger partial charge in [0.1, 0.15) is 0 Å². The summed E-state index contributed by atoms with van der Waals surface area (Å²) in [5.74, 6) is -5.44. The molecule has 25 heavy (non-hydrogen) atoms. The second-order valence-corrected chi connectivity index (χ2v) is 7.24. The number of benzene rings is 2. The third-order valence-corrected chi connectivity index (χ3v) is 4.98. The van der Waals surface area contributed by atoms with Gasteiger partial charge in [-0.15, -0.1) is 0 Å². The quantitative estimate of drug-likeness (QED) is 0.821. The van der Waals surface area contributed by atoms with Crippen molar-refractivity contribution in [2.75, 3.05) is 6.54 Å². The summed E-state index contributed by atoms with van der Waals surface area (Å²) in [5, 5.41) is 5.09. The van der Waals surface area contributed by atoms with Gasteiger partial charge in [-0.3, -0.25) is 4.79 Å². The zero-order chi connectivity index (χ0) is 18.4. The molecule has 132 valence electrons. The Bertz CT molecular complexity index is 977. The van der Waals surface area contributed by atoms with E-state index < -0.39 is 38.9 Å². The number of nitrogens with two attached hydrogens (primary N) is 1. The Kier molecular flexibility index (Phi) is 4.29. The maximum absolute atomic E-state index is 13.8. The molecule has 2 N–H and O–H groups in total. The average molecular weight is 370 g/mol. The van der Waals surface area contributed by atoms with Gasteiger partial charge in [0, 0.05) is 13.1 Å². The number of hydrogen-bond acceptors (Lipinski definition) is 3. The zero-order valence-corrected chi connectivity index (χ0v) is 13.6. The van der Waals surface area contributed by atoms with Gasteiger partial charge in [-0.1, -0.05) is 6.07 Å². The molecule has 2 aromatic rings. The number of hydrogen-bond donors (Lipinski definition) is 1. The summed E-state index contributed by atoms with van der Waals surface area (Å²) in [7, 11) is -3.90. The maximum atomic E-state index is 13.8. The summed E-state index contributed by atoms with van der Waals surface area (Å²) in [5.41, 5.74) is 0.807. The Hall–Kier alpha value is -2.39. The second-order valence-electron chi connectivity index (χ2n) is 5.68. The number of halogens is 3. The van der Waals surface area contributed by atoms with Crippen molar-refractivity contribution >= 4 is 15.9 Å². The molecule has 0 unspecified atom stereocenters. The van der Waals surface area contributed by atoms with Gasteiger partial charge in [-0.2, -0.15) is 0 Å². The van der Waals surface area contributed by atoms with Crippen molar-refractivity contribution < 1.29 is 26.4 Å². The summed E-state index contributed by atoms with van der Waals surface area (Å²) in [6, 6.07) is 5.90. The first-order valence-electron chi connectivity index (χ1n) is 7.26. The van der Waals surface area contributed by atoms with Crippen molar-refractivity contribution in [1.29, 1.82) is 0 Å². The highest BCUT2D eigenvalue weighted by Crippen LogP contribution is 2.24. The van der Waals surface area contributed by atoms with Crippen molar-refractivity contribution in [2.45, 2.75) is 17.9 Å². The van der Waals surface area contributed by atoms with Gasteiger partial charge in [0.25, 0.3) is 5.91 Å². The predicted octanol–water partition coefficient (Wildman–Crippen LogP) is 1.95. The molecule has 9 heteroatoms. The minimum absolute atomic E-state index is 0.00988. The molecule has 2 aromatic carbocycles. The Balaban J connectivity index is 1.92. The number of carbonyl (C=O) groups is 1. The average Bonchev–Trinajstić information content (AvgIpc) is 2.57. The van der Waals surface area contributed by atoms with Gasteiger partial charge in [0.05, 0.1) is 10.5 Å². The second kappa shape index (κ2) is 6.16. The van der Waals surface area contributed by atoms with Crippen LogP contribution in [0.5, 0.6) is 0 Å². The Morgan fingerprint density at radius 3 is 2.44 bits per heavy atom. The predicted molar refractivity (Wildman–Crippen MR) is 82.6 cm³/mol. The molecule has 0 bridgehead atoms. The van der Waals surface area contributed by atoms with Crippen LogP contribution in [0.3, 0.4) is 0 Å². The van der Waals surface area contributed by atoms with E-state index in [1.165, 1.54) is 17.0 Å². The van der Waals surface area contributed by atoms with E-state index in [9.17, 15) is 26.4 Å². The molecule has 5 nitrogen and oxygen atoms in total. The number of rotatable bonds is 2. The van der Waals surface area contributed by atoms with Crippen LogP contribution in [0.15, 0.2) is 35.2 Å². The molecule has 1 aliphatic heterocycles. The lowest BCUT2D eigenvalue weighted by Crippen LogP contribution is -2.36. The van der Waals surface area contributed by atoms with Crippen LogP contribution in [-0.2, 0) is 23.0 Å². The Morgan fingerprint density at radius 1 is 1.04 bits per heavy atom. The SMILES string of the molecule is NS(=O)(=O)c1ccc2c(c1)CN(C(=O)c1ccc(F)c(F)c1F)CC2. The molecule has 0 fully saturated rings. The van der Waals surface area contributed by atoms with Crippen LogP contribution in [0.1, 0.15) is 21.5 Å². The summed E-state index contributed by atoms with van der Waals surface area (Å²) in [4.78, 5) is 13.6. The summed E-state index contributed by atoms with van der Waals surface area (Å²) in [6.07, 6.45) is 0.414. The summed E-state index contributed by atoms with van der Waals surface area (Å²) >= 11 is 0. The molecule has 0 saturated heterocycles. The van der Waals surface area contributed by atoms with Crippen molar-refractivity contribution in [3.8, 4) is 0 Å². The summed E-state index contributed by atoms with van der Waals surface area (Å²) in [6.45, 7) is 0.245. The van der Waals surface area contributed by atoms with E-state index in [0.29, 0.717) is 18.1 Å². The molecule has 0 aliphatic carbocycles. The lowest BCUT2D eigenvalue weighted by Gasteiger charge is -2.29. The van der Waals surface area contributed by atoms with Gasteiger partial charge >= 0.3 is 0 Å². The first-order valence-corrected chi connectivity index (χ1v) is 8.80. The molecule has 0 spiro atoms. The molecular formula is C16H13F3N2O3S. The third-order valence-electron chi connectivity index (χ3n) is 4.07. The van der Waals surface area contributed by atoms with E-state index in [4.69, 9.17) is 5.14 Å². The third kappa shape index (κ3) is 3.24. The highest BCUT2D eigenvalue weighted by molar-refractivity contribution is 7.89. The Labute approximate surface area is 141 Å². The number of primary sulfonamides is 1. The summed E-state index contributed by atoms with van der Waals surface area (Å²) < 4.78 is 63.1. The molecular weight excluding hydrogens is 357 g/mol. The van der Waals surface area contributed by atoms with Crippen LogP contribution < -0.4 is 5.14 Å². The van der Waals surface area contributed by atoms with Crippen molar-refractivity contribution in [3.05, 3.63) is 64.5 Å². The fourth-order valence-electron chi connectivity index (χ4n) is 2.75. The number of carbonyl (C=O) groups excluding carboxylic acids is 1. The molecule has 1 aliphatic rings. The normalized spacial score (nSPS) is 14.3. The lowest BCUT2D eigenvalue weighted by atomic mass is 9.99. The molecule has 0 atom stereocenters. The van der Waals surface area contributed by atoms with Gasteiger partial charge in [0.15, 0.2) is 17.5 Å². The highest BCUT2D eigenvalue weighted by Gasteiger charge is 2.27. The molecule has 0 aromatic heterocycles. The van der Waals surface area contributed by atoms with Gasteiger partial charge < -0.3 is 4.90 Å². The van der Waals surface area contributed by atoms with E-state index in [-0.39, 0.29) is 18.0 Å². The van der Waals surface area contributed by atoms with Crippen LogP contribution in [0.2, 0.25) is 0 Å². The van der Waals surface area contributed by atoms with Crippen LogP contribution in [0.25, 0.3) is 0 Å². The molecule has 0 radical (unpaired) electrons. The zero-order valence-electron chi connectivity index (χ0n) is 12.8. The van der Waals surface area contributed by atoms with Crippen LogP contribution >= 0.6 is 0 Å². The largest absolute Gasteiger partial charge is 0.334 e. The number of nitrogens with zero attached hydrogens (tertiary/aromatic N) is 1. The molecule has 1 amide bonds.